The number of aromatic nitrogens is 1. The van der Waals surface area contributed by atoms with Crippen LogP contribution in [0, 0.1) is 0 Å². The van der Waals surface area contributed by atoms with E-state index in [0.29, 0.717) is 22.5 Å². The Morgan fingerprint density at radius 3 is 2.57 bits per heavy atom. The van der Waals surface area contributed by atoms with Gasteiger partial charge in [0.1, 0.15) is 4.99 Å². The van der Waals surface area contributed by atoms with Crippen molar-refractivity contribution in [3.8, 4) is 0 Å². The largest absolute Gasteiger partial charge is 0.389 e. The summed E-state index contributed by atoms with van der Waals surface area (Å²) in [5.41, 5.74) is 8.25. The number of benzene rings is 1. The molecule has 0 aliphatic heterocycles. The van der Waals surface area contributed by atoms with Gasteiger partial charge in [0.15, 0.2) is 5.13 Å². The SMILES string of the molecule is CC(C)c1csc(NC(=O)Cc2ccc(C(N)=S)cc2)n1. The first-order valence-electron chi connectivity index (χ1n) is 6.59. The van der Waals surface area contributed by atoms with Gasteiger partial charge >= 0.3 is 0 Å². The number of amides is 1. The Bertz CT molecular complexity index is 647. The smallest absolute Gasteiger partial charge is 0.230 e. The van der Waals surface area contributed by atoms with E-state index in [4.69, 9.17) is 18.0 Å². The van der Waals surface area contributed by atoms with Gasteiger partial charge in [-0.3, -0.25) is 4.79 Å². The fourth-order valence-electron chi connectivity index (χ4n) is 1.74. The van der Waals surface area contributed by atoms with E-state index in [-0.39, 0.29) is 5.91 Å². The Labute approximate surface area is 133 Å². The molecule has 0 radical (unpaired) electrons. The number of nitrogens with zero attached hydrogens (tertiary/aromatic N) is 1. The molecule has 0 atom stereocenters. The van der Waals surface area contributed by atoms with Gasteiger partial charge in [0.25, 0.3) is 0 Å². The lowest BCUT2D eigenvalue weighted by molar-refractivity contribution is -0.115. The number of hydrogen-bond acceptors (Lipinski definition) is 4. The molecule has 1 amide bonds. The zero-order chi connectivity index (χ0) is 15.4. The quantitative estimate of drug-likeness (QED) is 0.831. The van der Waals surface area contributed by atoms with E-state index in [0.717, 1.165) is 16.8 Å². The summed E-state index contributed by atoms with van der Waals surface area (Å²) < 4.78 is 0. The fourth-order valence-corrected chi connectivity index (χ4v) is 2.77. The molecule has 0 spiro atoms. The first-order chi connectivity index (χ1) is 9.95. The minimum Gasteiger partial charge on any atom is -0.389 e. The first kappa shape index (κ1) is 15.6. The second-order valence-electron chi connectivity index (χ2n) is 5.02. The second kappa shape index (κ2) is 6.78. The van der Waals surface area contributed by atoms with Crippen LogP contribution in [-0.4, -0.2) is 15.9 Å². The molecule has 0 aliphatic carbocycles. The van der Waals surface area contributed by atoms with E-state index < -0.39 is 0 Å². The molecule has 2 rings (SSSR count). The van der Waals surface area contributed by atoms with Crippen molar-refractivity contribution >= 4 is 39.6 Å². The van der Waals surface area contributed by atoms with Crippen molar-refractivity contribution in [1.29, 1.82) is 0 Å². The van der Waals surface area contributed by atoms with Crippen LogP contribution in [0.2, 0.25) is 0 Å². The van der Waals surface area contributed by atoms with Crippen molar-refractivity contribution in [2.24, 2.45) is 5.73 Å². The number of carbonyl (C=O) groups excluding carboxylic acids is 1. The summed E-state index contributed by atoms with van der Waals surface area (Å²) in [6.45, 7) is 4.15. The Morgan fingerprint density at radius 2 is 2.05 bits per heavy atom. The number of anilines is 1. The Balaban J connectivity index is 1.96. The molecule has 0 saturated heterocycles. The molecule has 21 heavy (non-hydrogen) atoms. The van der Waals surface area contributed by atoms with Gasteiger partial charge in [0.05, 0.1) is 12.1 Å². The van der Waals surface area contributed by atoms with Crippen LogP contribution in [-0.2, 0) is 11.2 Å². The summed E-state index contributed by atoms with van der Waals surface area (Å²) in [7, 11) is 0. The predicted octanol–water partition coefficient (Wildman–Crippen LogP) is 3.08. The van der Waals surface area contributed by atoms with Crippen molar-refractivity contribution < 1.29 is 4.79 Å². The first-order valence-corrected chi connectivity index (χ1v) is 7.88. The summed E-state index contributed by atoms with van der Waals surface area (Å²) in [4.78, 5) is 16.7. The predicted molar refractivity (Wildman–Crippen MR) is 90.9 cm³/mol. The van der Waals surface area contributed by atoms with Crippen LogP contribution < -0.4 is 11.1 Å². The fraction of sp³-hybridized carbons (Fsp3) is 0.267. The van der Waals surface area contributed by atoms with E-state index in [9.17, 15) is 4.79 Å². The van der Waals surface area contributed by atoms with E-state index >= 15 is 0 Å². The van der Waals surface area contributed by atoms with Crippen molar-refractivity contribution in [2.75, 3.05) is 5.32 Å². The van der Waals surface area contributed by atoms with Gasteiger partial charge in [-0.1, -0.05) is 50.3 Å². The van der Waals surface area contributed by atoms with Gasteiger partial charge in [-0.25, -0.2) is 4.98 Å². The zero-order valence-corrected chi connectivity index (χ0v) is 13.6. The Hall–Kier alpha value is -1.79. The highest BCUT2D eigenvalue weighted by Crippen LogP contribution is 2.21. The molecule has 0 aliphatic rings. The molecule has 1 aromatic carbocycles. The molecule has 3 N–H and O–H groups in total. The maximum Gasteiger partial charge on any atom is 0.230 e. The zero-order valence-electron chi connectivity index (χ0n) is 11.9. The van der Waals surface area contributed by atoms with Crippen LogP contribution in [0.5, 0.6) is 0 Å². The van der Waals surface area contributed by atoms with Crippen LogP contribution in [0.3, 0.4) is 0 Å². The van der Waals surface area contributed by atoms with Crippen molar-refractivity contribution in [3.63, 3.8) is 0 Å². The molecule has 1 aromatic heterocycles. The van der Waals surface area contributed by atoms with Gasteiger partial charge in [-0.2, -0.15) is 0 Å². The molecular weight excluding hydrogens is 302 g/mol. The number of carbonyl (C=O) groups is 1. The summed E-state index contributed by atoms with van der Waals surface area (Å²) in [5, 5.41) is 5.43. The molecule has 1 heterocycles. The summed E-state index contributed by atoms with van der Waals surface area (Å²) in [6, 6.07) is 7.36. The third-order valence-corrected chi connectivity index (χ3v) is 3.97. The van der Waals surface area contributed by atoms with Crippen molar-refractivity contribution in [2.45, 2.75) is 26.2 Å². The van der Waals surface area contributed by atoms with Gasteiger partial charge in [0, 0.05) is 10.9 Å². The lowest BCUT2D eigenvalue weighted by Crippen LogP contribution is -2.14. The third-order valence-electron chi connectivity index (χ3n) is 2.96. The van der Waals surface area contributed by atoms with Crippen LogP contribution in [0.15, 0.2) is 29.6 Å². The number of rotatable bonds is 5. The average molecular weight is 319 g/mol. The monoisotopic (exact) mass is 319 g/mol. The normalized spacial score (nSPS) is 10.6. The molecule has 4 nitrogen and oxygen atoms in total. The molecule has 0 bridgehead atoms. The van der Waals surface area contributed by atoms with Gasteiger partial charge < -0.3 is 11.1 Å². The number of thiocarbonyl (C=S) groups is 1. The highest BCUT2D eigenvalue weighted by atomic mass is 32.1. The van der Waals surface area contributed by atoms with Gasteiger partial charge in [-0.15, -0.1) is 11.3 Å². The third kappa shape index (κ3) is 4.34. The summed E-state index contributed by atoms with van der Waals surface area (Å²) in [5.74, 6) is 0.280. The lowest BCUT2D eigenvalue weighted by atomic mass is 10.1. The van der Waals surface area contributed by atoms with E-state index in [2.05, 4.69) is 24.1 Å². The van der Waals surface area contributed by atoms with Crippen LogP contribution in [0.4, 0.5) is 5.13 Å². The minimum atomic E-state index is -0.0808. The molecular formula is C15H17N3OS2. The maximum absolute atomic E-state index is 12.0. The maximum atomic E-state index is 12.0. The number of nitrogens with two attached hydrogens (primary N) is 1. The second-order valence-corrected chi connectivity index (χ2v) is 6.32. The number of nitrogens with one attached hydrogen (secondary N) is 1. The minimum absolute atomic E-state index is 0.0808. The summed E-state index contributed by atoms with van der Waals surface area (Å²) >= 11 is 6.34. The number of thiazole rings is 1. The Kier molecular flexibility index (Phi) is 5.03. The Morgan fingerprint density at radius 1 is 1.38 bits per heavy atom. The van der Waals surface area contributed by atoms with Crippen LogP contribution >= 0.6 is 23.6 Å². The van der Waals surface area contributed by atoms with E-state index in [1.165, 1.54) is 11.3 Å². The van der Waals surface area contributed by atoms with Gasteiger partial charge in [-0.05, 0) is 11.5 Å². The molecule has 2 aromatic rings. The number of hydrogen-bond donors (Lipinski definition) is 2. The van der Waals surface area contributed by atoms with E-state index in [1.54, 1.807) is 0 Å². The van der Waals surface area contributed by atoms with E-state index in [1.807, 2.05) is 29.6 Å². The average Bonchev–Trinajstić information content (AvgIpc) is 2.87. The van der Waals surface area contributed by atoms with Crippen LogP contribution in [0.1, 0.15) is 36.6 Å². The summed E-state index contributed by atoms with van der Waals surface area (Å²) in [6.07, 6.45) is 0.300. The van der Waals surface area contributed by atoms with Crippen LogP contribution in [0.25, 0.3) is 0 Å². The molecule has 110 valence electrons. The highest BCUT2D eigenvalue weighted by molar-refractivity contribution is 7.80. The topological polar surface area (TPSA) is 68.0 Å². The molecule has 0 saturated carbocycles. The van der Waals surface area contributed by atoms with Crippen molar-refractivity contribution in [3.05, 3.63) is 46.5 Å². The van der Waals surface area contributed by atoms with Gasteiger partial charge in [0.2, 0.25) is 5.91 Å². The molecule has 6 heteroatoms. The van der Waals surface area contributed by atoms with Crippen molar-refractivity contribution in [1.82, 2.24) is 4.98 Å². The molecule has 0 unspecified atom stereocenters. The highest BCUT2D eigenvalue weighted by Gasteiger charge is 2.09. The lowest BCUT2D eigenvalue weighted by Gasteiger charge is -2.04. The molecule has 0 fully saturated rings. The standard InChI is InChI=1S/C15H17N3OS2/c1-9(2)12-8-21-15(17-12)18-13(19)7-10-3-5-11(6-4-10)14(16)20/h3-6,8-9H,7H2,1-2H3,(H2,16,20)(H,17,18,19).